The second-order valence-corrected chi connectivity index (χ2v) is 4.64. The summed E-state index contributed by atoms with van der Waals surface area (Å²) in [5, 5.41) is 0. The molecule has 2 heterocycles. The molecule has 2 saturated heterocycles. The summed E-state index contributed by atoms with van der Waals surface area (Å²) in [5.74, 6) is 0. The van der Waals surface area contributed by atoms with Crippen molar-refractivity contribution < 1.29 is 0 Å². The molecule has 0 aromatic carbocycles. The Morgan fingerprint density at radius 2 is 1.71 bits per heavy atom. The summed E-state index contributed by atoms with van der Waals surface area (Å²) in [6, 6.07) is 0.859. The molecule has 1 atom stereocenters. The third-order valence-electron chi connectivity index (χ3n) is 3.59. The van der Waals surface area contributed by atoms with Crippen LogP contribution in [0.5, 0.6) is 0 Å². The molecule has 0 saturated carbocycles. The first-order chi connectivity index (χ1) is 6.36. The first-order valence-electron chi connectivity index (χ1n) is 5.79. The largest absolute Gasteiger partial charge is 0.302 e. The molecular formula is C11H23ClN2. The predicted molar refractivity (Wildman–Crippen MR) is 63.2 cm³/mol. The molecule has 0 aliphatic carbocycles. The maximum Gasteiger partial charge on any atom is 0.0220 e. The van der Waals surface area contributed by atoms with Gasteiger partial charge >= 0.3 is 0 Å². The van der Waals surface area contributed by atoms with Gasteiger partial charge in [0.2, 0.25) is 0 Å². The monoisotopic (exact) mass is 218 g/mol. The van der Waals surface area contributed by atoms with E-state index in [1.165, 1.54) is 58.3 Å². The van der Waals surface area contributed by atoms with E-state index in [4.69, 9.17) is 0 Å². The van der Waals surface area contributed by atoms with Crippen LogP contribution in [0, 0.1) is 0 Å². The molecule has 0 aromatic rings. The molecule has 14 heavy (non-hydrogen) atoms. The van der Waals surface area contributed by atoms with Gasteiger partial charge in [0.1, 0.15) is 0 Å². The van der Waals surface area contributed by atoms with Crippen molar-refractivity contribution in [2.45, 2.75) is 38.1 Å². The fourth-order valence-electron chi connectivity index (χ4n) is 2.65. The molecule has 2 aliphatic heterocycles. The van der Waals surface area contributed by atoms with Gasteiger partial charge in [0.05, 0.1) is 0 Å². The van der Waals surface area contributed by atoms with Crippen LogP contribution in [-0.4, -0.2) is 49.1 Å². The Kier molecular flexibility index (Phi) is 5.21. The standard InChI is InChI=1S/C11H22N2.ClH/c1-12-7-5-6-11(12)10-13-8-3-2-4-9-13;/h11H,2-10H2,1H3;1H/t11-;/m0./s1. The quantitative estimate of drug-likeness (QED) is 0.700. The van der Waals surface area contributed by atoms with Crippen LogP contribution in [0.15, 0.2) is 0 Å². The van der Waals surface area contributed by atoms with Crippen LogP contribution < -0.4 is 0 Å². The molecule has 0 unspecified atom stereocenters. The topological polar surface area (TPSA) is 6.48 Å². The van der Waals surface area contributed by atoms with Crippen LogP contribution in [0.3, 0.4) is 0 Å². The number of hydrogen-bond donors (Lipinski definition) is 0. The van der Waals surface area contributed by atoms with Crippen molar-refractivity contribution in [3.8, 4) is 0 Å². The number of hydrogen-bond acceptors (Lipinski definition) is 2. The van der Waals surface area contributed by atoms with Gasteiger partial charge in [0.25, 0.3) is 0 Å². The van der Waals surface area contributed by atoms with Crippen LogP contribution >= 0.6 is 12.4 Å². The summed E-state index contributed by atoms with van der Waals surface area (Å²) in [6.07, 6.45) is 7.14. The number of piperidine rings is 1. The van der Waals surface area contributed by atoms with Crippen molar-refractivity contribution in [3.05, 3.63) is 0 Å². The van der Waals surface area contributed by atoms with Crippen molar-refractivity contribution >= 4 is 12.4 Å². The molecule has 2 aliphatic rings. The molecule has 2 nitrogen and oxygen atoms in total. The van der Waals surface area contributed by atoms with Gasteiger partial charge in [-0.05, 0) is 52.4 Å². The van der Waals surface area contributed by atoms with Gasteiger partial charge in [-0.2, -0.15) is 0 Å². The average Bonchev–Trinajstić information content (AvgIpc) is 2.54. The maximum atomic E-state index is 2.66. The summed E-state index contributed by atoms with van der Waals surface area (Å²) in [6.45, 7) is 5.35. The van der Waals surface area contributed by atoms with Gasteiger partial charge in [0, 0.05) is 12.6 Å². The molecule has 2 rings (SSSR count). The fraction of sp³-hybridized carbons (Fsp3) is 1.00. The van der Waals surface area contributed by atoms with Gasteiger partial charge in [-0.25, -0.2) is 0 Å². The predicted octanol–water partition coefficient (Wildman–Crippen LogP) is 1.99. The molecule has 0 bridgehead atoms. The van der Waals surface area contributed by atoms with Crippen molar-refractivity contribution in [3.63, 3.8) is 0 Å². The number of likely N-dealkylation sites (tertiary alicyclic amines) is 2. The summed E-state index contributed by atoms with van der Waals surface area (Å²) in [4.78, 5) is 5.20. The lowest BCUT2D eigenvalue weighted by Crippen LogP contribution is -2.40. The summed E-state index contributed by atoms with van der Waals surface area (Å²) in [7, 11) is 2.28. The third-order valence-corrected chi connectivity index (χ3v) is 3.59. The highest BCUT2D eigenvalue weighted by Crippen LogP contribution is 2.18. The van der Waals surface area contributed by atoms with E-state index in [-0.39, 0.29) is 12.4 Å². The lowest BCUT2D eigenvalue weighted by atomic mass is 10.1. The van der Waals surface area contributed by atoms with E-state index < -0.39 is 0 Å². The Hall–Kier alpha value is 0.210. The van der Waals surface area contributed by atoms with Crippen molar-refractivity contribution in [1.29, 1.82) is 0 Å². The lowest BCUT2D eigenvalue weighted by Gasteiger charge is -2.31. The van der Waals surface area contributed by atoms with Crippen LogP contribution in [0.2, 0.25) is 0 Å². The highest BCUT2D eigenvalue weighted by Gasteiger charge is 2.23. The molecule has 0 radical (unpaired) electrons. The molecule has 0 amide bonds. The first kappa shape index (κ1) is 12.3. The van der Waals surface area contributed by atoms with Gasteiger partial charge in [-0.1, -0.05) is 6.42 Å². The van der Waals surface area contributed by atoms with Crippen LogP contribution in [0.1, 0.15) is 32.1 Å². The molecule has 0 aromatic heterocycles. The van der Waals surface area contributed by atoms with Gasteiger partial charge < -0.3 is 9.80 Å². The number of rotatable bonds is 2. The highest BCUT2D eigenvalue weighted by atomic mass is 35.5. The van der Waals surface area contributed by atoms with E-state index in [0.29, 0.717) is 0 Å². The van der Waals surface area contributed by atoms with Crippen molar-refractivity contribution in [1.82, 2.24) is 9.80 Å². The zero-order valence-corrected chi connectivity index (χ0v) is 10.1. The molecule has 0 N–H and O–H groups in total. The number of likely N-dealkylation sites (N-methyl/N-ethyl adjacent to an activating group) is 1. The number of halogens is 1. The fourth-order valence-corrected chi connectivity index (χ4v) is 2.65. The van der Waals surface area contributed by atoms with Crippen LogP contribution in [0.4, 0.5) is 0 Å². The van der Waals surface area contributed by atoms with E-state index in [2.05, 4.69) is 16.8 Å². The maximum absolute atomic E-state index is 2.66. The van der Waals surface area contributed by atoms with Gasteiger partial charge in [-0.3, -0.25) is 0 Å². The van der Waals surface area contributed by atoms with Gasteiger partial charge in [-0.15, -0.1) is 12.4 Å². The SMILES string of the molecule is CN1CCC[C@H]1CN1CCCCC1.Cl. The van der Waals surface area contributed by atoms with E-state index in [9.17, 15) is 0 Å². The minimum absolute atomic E-state index is 0. The molecule has 3 heteroatoms. The highest BCUT2D eigenvalue weighted by molar-refractivity contribution is 5.85. The van der Waals surface area contributed by atoms with Crippen LogP contribution in [0.25, 0.3) is 0 Å². The van der Waals surface area contributed by atoms with E-state index in [1.54, 1.807) is 0 Å². The minimum atomic E-state index is 0. The Labute approximate surface area is 94.0 Å². The Balaban J connectivity index is 0.000000980. The smallest absolute Gasteiger partial charge is 0.0220 e. The lowest BCUT2D eigenvalue weighted by molar-refractivity contribution is 0.169. The van der Waals surface area contributed by atoms with E-state index >= 15 is 0 Å². The van der Waals surface area contributed by atoms with Crippen molar-refractivity contribution in [2.75, 3.05) is 33.2 Å². The normalized spacial score (nSPS) is 30.2. The molecule has 2 fully saturated rings. The number of nitrogens with zero attached hydrogens (tertiary/aromatic N) is 2. The zero-order valence-electron chi connectivity index (χ0n) is 9.24. The average molecular weight is 219 g/mol. The zero-order chi connectivity index (χ0) is 9.10. The van der Waals surface area contributed by atoms with Gasteiger partial charge in [0.15, 0.2) is 0 Å². The minimum Gasteiger partial charge on any atom is -0.302 e. The second-order valence-electron chi connectivity index (χ2n) is 4.64. The summed E-state index contributed by atoms with van der Waals surface area (Å²) < 4.78 is 0. The Morgan fingerprint density at radius 3 is 2.29 bits per heavy atom. The Morgan fingerprint density at radius 1 is 1.00 bits per heavy atom. The van der Waals surface area contributed by atoms with E-state index in [1.807, 2.05) is 0 Å². The first-order valence-corrected chi connectivity index (χ1v) is 5.79. The van der Waals surface area contributed by atoms with Crippen molar-refractivity contribution in [2.24, 2.45) is 0 Å². The molecule has 0 spiro atoms. The summed E-state index contributed by atoms with van der Waals surface area (Å²) in [5.41, 5.74) is 0. The second kappa shape index (κ2) is 5.94. The molecular weight excluding hydrogens is 196 g/mol. The van der Waals surface area contributed by atoms with E-state index in [0.717, 1.165) is 6.04 Å². The summed E-state index contributed by atoms with van der Waals surface area (Å²) >= 11 is 0. The third kappa shape index (κ3) is 3.11. The molecule has 84 valence electrons. The van der Waals surface area contributed by atoms with Crippen LogP contribution in [-0.2, 0) is 0 Å². The Bertz CT molecular complexity index is 157.